The molecule has 2 bridgehead atoms. The molecule has 3 fully saturated rings. The van der Waals surface area contributed by atoms with E-state index in [0.29, 0.717) is 18.6 Å². The van der Waals surface area contributed by atoms with E-state index in [4.69, 9.17) is 4.74 Å². The van der Waals surface area contributed by atoms with Gasteiger partial charge in [0.25, 0.3) is 0 Å². The van der Waals surface area contributed by atoms with Gasteiger partial charge in [0.05, 0.1) is 0 Å². The topological polar surface area (TPSA) is 29.5 Å². The van der Waals surface area contributed by atoms with E-state index >= 15 is 0 Å². The van der Waals surface area contributed by atoms with E-state index in [2.05, 4.69) is 36.4 Å². The van der Waals surface area contributed by atoms with Gasteiger partial charge in [-0.25, -0.2) is 0 Å². The van der Waals surface area contributed by atoms with Crippen molar-refractivity contribution in [2.75, 3.05) is 6.61 Å². The molecule has 24 heavy (non-hydrogen) atoms. The smallest absolute Gasteiger partial charge is 0.120 e. The Bertz CT molecular complexity index is 668. The first-order chi connectivity index (χ1) is 11.7. The fourth-order valence-electron chi connectivity index (χ4n) is 4.59. The van der Waals surface area contributed by atoms with Crippen LogP contribution in [0.4, 0.5) is 0 Å². The number of hydrogen-bond acceptors (Lipinski definition) is 2. The standard InChI is InChI=1S/C22H26O2/c23-17-21-9-12-22(13-10-21,14-11-21)19-7-4-8-20(15-19)24-16-18-5-2-1-3-6-18/h1-8,15,23H,9-14,16-17H2. The number of aliphatic hydroxyl groups is 1. The highest BCUT2D eigenvalue weighted by Crippen LogP contribution is 2.57. The molecule has 2 aromatic carbocycles. The fraction of sp³-hybridized carbons (Fsp3) is 0.455. The van der Waals surface area contributed by atoms with Crippen molar-refractivity contribution < 1.29 is 9.84 Å². The maximum Gasteiger partial charge on any atom is 0.120 e. The van der Waals surface area contributed by atoms with Crippen LogP contribution in [0, 0.1) is 5.41 Å². The number of hydrogen-bond donors (Lipinski definition) is 1. The van der Waals surface area contributed by atoms with Crippen molar-refractivity contribution >= 4 is 0 Å². The third-order valence-corrected chi connectivity index (χ3v) is 6.43. The van der Waals surface area contributed by atoms with Crippen LogP contribution in [0.15, 0.2) is 54.6 Å². The van der Waals surface area contributed by atoms with Gasteiger partial charge in [-0.1, -0.05) is 42.5 Å². The lowest BCUT2D eigenvalue weighted by atomic mass is 9.52. The SMILES string of the molecule is OCC12CCC(c3cccc(OCc4ccccc4)c3)(CC1)CC2. The van der Waals surface area contributed by atoms with Crippen LogP contribution in [-0.4, -0.2) is 11.7 Å². The Hall–Kier alpha value is -1.80. The number of ether oxygens (including phenoxy) is 1. The van der Waals surface area contributed by atoms with Gasteiger partial charge in [0.15, 0.2) is 0 Å². The minimum Gasteiger partial charge on any atom is -0.489 e. The fourth-order valence-corrected chi connectivity index (χ4v) is 4.59. The Morgan fingerprint density at radius 1 is 0.833 bits per heavy atom. The normalized spacial score (nSPS) is 28.7. The minimum atomic E-state index is 0.225. The first-order valence-electron chi connectivity index (χ1n) is 9.12. The third-order valence-electron chi connectivity index (χ3n) is 6.43. The van der Waals surface area contributed by atoms with Crippen molar-refractivity contribution in [2.45, 2.75) is 50.5 Å². The zero-order valence-corrected chi connectivity index (χ0v) is 14.2. The predicted octanol–water partition coefficient (Wildman–Crippen LogP) is 4.85. The molecule has 0 amide bonds. The first-order valence-corrected chi connectivity index (χ1v) is 9.12. The molecule has 0 aromatic heterocycles. The quantitative estimate of drug-likeness (QED) is 0.852. The summed E-state index contributed by atoms with van der Waals surface area (Å²) < 4.78 is 6.03. The van der Waals surface area contributed by atoms with Crippen molar-refractivity contribution in [3.05, 3.63) is 65.7 Å². The number of benzene rings is 2. The van der Waals surface area contributed by atoms with Gasteiger partial charge < -0.3 is 9.84 Å². The van der Waals surface area contributed by atoms with Gasteiger partial charge in [-0.3, -0.25) is 0 Å². The molecule has 126 valence electrons. The molecule has 0 unspecified atom stereocenters. The average Bonchev–Trinajstić information content (AvgIpc) is 2.69. The zero-order valence-electron chi connectivity index (χ0n) is 14.2. The molecule has 0 radical (unpaired) electrons. The van der Waals surface area contributed by atoms with E-state index in [0.717, 1.165) is 5.75 Å². The minimum absolute atomic E-state index is 0.225. The highest BCUT2D eigenvalue weighted by atomic mass is 16.5. The second-order valence-corrected chi connectivity index (χ2v) is 7.74. The van der Waals surface area contributed by atoms with Gasteiger partial charge in [-0.05, 0) is 72.6 Å². The summed E-state index contributed by atoms with van der Waals surface area (Å²) >= 11 is 0. The molecule has 1 N–H and O–H groups in total. The second kappa shape index (κ2) is 6.25. The largest absolute Gasteiger partial charge is 0.489 e. The van der Waals surface area contributed by atoms with Crippen molar-refractivity contribution in [1.29, 1.82) is 0 Å². The van der Waals surface area contributed by atoms with Gasteiger partial charge in [-0.15, -0.1) is 0 Å². The molecule has 0 spiro atoms. The van der Waals surface area contributed by atoms with Crippen LogP contribution in [0.1, 0.15) is 49.7 Å². The zero-order chi connectivity index (χ0) is 16.5. The summed E-state index contributed by atoms with van der Waals surface area (Å²) in [6.07, 6.45) is 7.11. The van der Waals surface area contributed by atoms with E-state index in [9.17, 15) is 5.11 Å². The van der Waals surface area contributed by atoms with Gasteiger partial charge >= 0.3 is 0 Å². The molecule has 2 nitrogen and oxygen atoms in total. The summed E-state index contributed by atoms with van der Waals surface area (Å²) in [5, 5.41) is 9.72. The predicted molar refractivity (Wildman–Crippen MR) is 96.1 cm³/mol. The monoisotopic (exact) mass is 322 g/mol. The van der Waals surface area contributed by atoms with E-state index < -0.39 is 0 Å². The molecule has 2 heteroatoms. The Balaban J connectivity index is 1.49. The molecule has 0 heterocycles. The summed E-state index contributed by atoms with van der Waals surface area (Å²) in [6.45, 7) is 0.980. The van der Waals surface area contributed by atoms with Crippen molar-refractivity contribution in [1.82, 2.24) is 0 Å². The number of fused-ring (bicyclic) bond motifs is 3. The summed E-state index contributed by atoms with van der Waals surface area (Å²) in [5.41, 5.74) is 3.16. The van der Waals surface area contributed by atoms with Crippen LogP contribution in [0.2, 0.25) is 0 Å². The summed E-state index contributed by atoms with van der Waals surface area (Å²) in [6, 6.07) is 19.0. The highest BCUT2D eigenvalue weighted by molar-refractivity contribution is 5.35. The van der Waals surface area contributed by atoms with E-state index in [-0.39, 0.29) is 5.41 Å². The Morgan fingerprint density at radius 2 is 1.54 bits per heavy atom. The van der Waals surface area contributed by atoms with Gasteiger partial charge in [0.1, 0.15) is 12.4 Å². The summed E-state index contributed by atoms with van der Waals surface area (Å²) in [5.74, 6) is 0.968. The molecule has 0 aliphatic heterocycles. The van der Waals surface area contributed by atoms with Crippen LogP contribution in [0.5, 0.6) is 5.75 Å². The Morgan fingerprint density at radius 3 is 2.21 bits per heavy atom. The van der Waals surface area contributed by atoms with Crippen LogP contribution in [0.25, 0.3) is 0 Å². The van der Waals surface area contributed by atoms with Gasteiger partial charge in [0.2, 0.25) is 0 Å². The van der Waals surface area contributed by atoms with Crippen molar-refractivity contribution in [3.63, 3.8) is 0 Å². The van der Waals surface area contributed by atoms with E-state index in [1.54, 1.807) is 0 Å². The average molecular weight is 322 g/mol. The van der Waals surface area contributed by atoms with Crippen LogP contribution in [0.3, 0.4) is 0 Å². The lowest BCUT2D eigenvalue weighted by Gasteiger charge is -2.53. The molecule has 0 atom stereocenters. The first kappa shape index (κ1) is 15.7. The van der Waals surface area contributed by atoms with Crippen molar-refractivity contribution in [2.24, 2.45) is 5.41 Å². The molecule has 2 aromatic rings. The molecule has 3 saturated carbocycles. The molecule has 3 aliphatic carbocycles. The molecule has 3 aliphatic rings. The number of rotatable bonds is 5. The second-order valence-electron chi connectivity index (χ2n) is 7.74. The molecule has 0 saturated heterocycles. The van der Waals surface area contributed by atoms with Gasteiger partial charge in [0, 0.05) is 6.61 Å². The van der Waals surface area contributed by atoms with E-state index in [1.807, 2.05) is 18.2 Å². The van der Waals surface area contributed by atoms with E-state index in [1.165, 1.54) is 49.7 Å². The lowest BCUT2D eigenvalue weighted by Crippen LogP contribution is -2.45. The van der Waals surface area contributed by atoms with Crippen LogP contribution >= 0.6 is 0 Å². The molecular weight excluding hydrogens is 296 g/mol. The van der Waals surface area contributed by atoms with Crippen LogP contribution < -0.4 is 4.74 Å². The summed E-state index contributed by atoms with van der Waals surface area (Å²) in [4.78, 5) is 0. The third kappa shape index (κ3) is 2.84. The van der Waals surface area contributed by atoms with Gasteiger partial charge in [-0.2, -0.15) is 0 Å². The highest BCUT2D eigenvalue weighted by Gasteiger charge is 2.48. The van der Waals surface area contributed by atoms with Crippen LogP contribution in [-0.2, 0) is 12.0 Å². The Kier molecular flexibility index (Phi) is 4.09. The number of aliphatic hydroxyl groups excluding tert-OH is 1. The summed E-state index contributed by atoms with van der Waals surface area (Å²) in [7, 11) is 0. The van der Waals surface area contributed by atoms with Crippen molar-refractivity contribution in [3.8, 4) is 5.75 Å². The molecular formula is C22H26O2. The maximum atomic E-state index is 9.72. The Labute approximate surface area is 144 Å². The maximum absolute atomic E-state index is 9.72. The molecule has 5 rings (SSSR count). The lowest BCUT2D eigenvalue weighted by molar-refractivity contribution is -0.00695.